The van der Waals surface area contributed by atoms with Gasteiger partial charge in [0.2, 0.25) is 0 Å². The number of aromatic amines is 1. The summed E-state index contributed by atoms with van der Waals surface area (Å²) in [6.07, 6.45) is 1.47. The molecule has 0 aliphatic heterocycles. The summed E-state index contributed by atoms with van der Waals surface area (Å²) in [7, 11) is -3.64. The van der Waals surface area contributed by atoms with Crippen LogP contribution < -0.4 is 10.5 Å². The highest BCUT2D eigenvalue weighted by Crippen LogP contribution is 2.24. The Labute approximate surface area is 105 Å². The Morgan fingerprint density at radius 3 is 2.39 bits per heavy atom. The molecule has 1 heterocycles. The van der Waals surface area contributed by atoms with Gasteiger partial charge in [-0.25, -0.2) is 8.42 Å². The average molecular weight is 266 g/mol. The lowest BCUT2D eigenvalue weighted by Gasteiger charge is -2.12. The van der Waals surface area contributed by atoms with E-state index in [4.69, 9.17) is 5.73 Å². The Morgan fingerprint density at radius 2 is 1.89 bits per heavy atom. The van der Waals surface area contributed by atoms with E-state index < -0.39 is 10.0 Å². The molecular weight excluding hydrogens is 252 g/mol. The number of rotatable bonds is 3. The fourth-order valence-electron chi connectivity index (χ4n) is 1.92. The summed E-state index contributed by atoms with van der Waals surface area (Å²) in [4.78, 5) is 0.242. The lowest BCUT2D eigenvalue weighted by molar-refractivity contribution is 0.600. The van der Waals surface area contributed by atoms with Crippen molar-refractivity contribution in [2.75, 3.05) is 10.5 Å². The number of sulfonamides is 1. The molecule has 0 bridgehead atoms. The average Bonchev–Trinajstić information content (AvgIpc) is 2.66. The molecule has 0 radical (unpaired) electrons. The van der Waals surface area contributed by atoms with E-state index in [0.29, 0.717) is 22.6 Å². The van der Waals surface area contributed by atoms with Crippen molar-refractivity contribution in [3.05, 3.63) is 35.5 Å². The number of nitrogen functional groups attached to an aromatic ring is 1. The molecule has 0 saturated heterocycles. The standard InChI is InChI=1S/C11H14N4O2S/c1-7-5-9(12)6-8(2)11(7)18(16,17)15-10-3-4-13-14-10/h3-6H,12H2,1-2H3,(H2,13,14,15). The van der Waals surface area contributed by atoms with Gasteiger partial charge in [0.25, 0.3) is 10.0 Å². The van der Waals surface area contributed by atoms with Crippen molar-refractivity contribution >= 4 is 21.5 Å². The number of nitrogens with two attached hydrogens (primary N) is 1. The van der Waals surface area contributed by atoms with Gasteiger partial charge in [-0.3, -0.25) is 9.82 Å². The van der Waals surface area contributed by atoms with Gasteiger partial charge in [-0.05, 0) is 37.1 Å². The van der Waals surface area contributed by atoms with Crippen molar-refractivity contribution < 1.29 is 8.42 Å². The third-order valence-electron chi connectivity index (χ3n) is 2.50. The van der Waals surface area contributed by atoms with Crippen LogP contribution in [0.1, 0.15) is 11.1 Å². The van der Waals surface area contributed by atoms with Gasteiger partial charge in [0.05, 0.1) is 11.1 Å². The summed E-state index contributed by atoms with van der Waals surface area (Å²) in [5.74, 6) is 0.325. The van der Waals surface area contributed by atoms with Crippen molar-refractivity contribution in [2.45, 2.75) is 18.7 Å². The van der Waals surface area contributed by atoms with E-state index in [1.54, 1.807) is 32.0 Å². The predicted molar refractivity (Wildman–Crippen MR) is 69.7 cm³/mol. The smallest absolute Gasteiger partial charge is 0.263 e. The molecular formula is C11H14N4O2S. The zero-order chi connectivity index (χ0) is 13.3. The molecule has 7 heteroatoms. The molecule has 4 N–H and O–H groups in total. The van der Waals surface area contributed by atoms with Crippen LogP contribution in [0.3, 0.4) is 0 Å². The molecule has 0 amide bonds. The van der Waals surface area contributed by atoms with Crippen LogP contribution in [0.25, 0.3) is 0 Å². The summed E-state index contributed by atoms with van der Waals surface area (Å²) in [5.41, 5.74) is 7.44. The Morgan fingerprint density at radius 1 is 1.28 bits per heavy atom. The third-order valence-corrected chi connectivity index (χ3v) is 4.17. The van der Waals surface area contributed by atoms with Crippen molar-refractivity contribution in [3.8, 4) is 0 Å². The highest BCUT2D eigenvalue weighted by Gasteiger charge is 2.20. The maximum absolute atomic E-state index is 12.3. The van der Waals surface area contributed by atoms with E-state index in [-0.39, 0.29) is 4.90 Å². The van der Waals surface area contributed by atoms with Crippen LogP contribution in [0.5, 0.6) is 0 Å². The van der Waals surface area contributed by atoms with E-state index in [2.05, 4.69) is 14.9 Å². The Kier molecular flexibility index (Phi) is 3.00. The lowest BCUT2D eigenvalue weighted by atomic mass is 10.1. The number of nitrogens with one attached hydrogen (secondary N) is 2. The number of aryl methyl sites for hydroxylation is 2. The Hall–Kier alpha value is -2.02. The zero-order valence-electron chi connectivity index (χ0n) is 10.1. The molecule has 96 valence electrons. The van der Waals surface area contributed by atoms with Crippen LogP contribution >= 0.6 is 0 Å². The molecule has 18 heavy (non-hydrogen) atoms. The molecule has 1 aromatic heterocycles. The van der Waals surface area contributed by atoms with Crippen molar-refractivity contribution in [2.24, 2.45) is 0 Å². The molecule has 0 saturated carbocycles. The van der Waals surface area contributed by atoms with Crippen LogP contribution in [-0.2, 0) is 10.0 Å². The second-order valence-corrected chi connectivity index (χ2v) is 5.68. The second kappa shape index (κ2) is 4.34. The van der Waals surface area contributed by atoms with Gasteiger partial charge in [0.15, 0.2) is 0 Å². The van der Waals surface area contributed by atoms with Gasteiger partial charge < -0.3 is 5.73 Å². The predicted octanol–water partition coefficient (Wildman–Crippen LogP) is 1.41. The van der Waals surface area contributed by atoms with Crippen molar-refractivity contribution in [1.82, 2.24) is 10.2 Å². The molecule has 0 aliphatic carbocycles. The van der Waals surface area contributed by atoms with Crippen LogP contribution in [0.4, 0.5) is 11.5 Å². The summed E-state index contributed by atoms with van der Waals surface area (Å²) in [5, 5.41) is 6.24. The van der Waals surface area contributed by atoms with E-state index in [0.717, 1.165) is 0 Å². The van der Waals surface area contributed by atoms with Gasteiger partial charge >= 0.3 is 0 Å². The van der Waals surface area contributed by atoms with Crippen LogP contribution in [0, 0.1) is 13.8 Å². The summed E-state index contributed by atoms with van der Waals surface area (Å²) in [6.45, 7) is 3.43. The van der Waals surface area contributed by atoms with Gasteiger partial charge in [0, 0.05) is 11.8 Å². The SMILES string of the molecule is Cc1cc(N)cc(C)c1S(=O)(=O)Nc1ccn[nH]1. The minimum absolute atomic E-state index is 0.242. The van der Waals surface area contributed by atoms with Gasteiger partial charge in [0.1, 0.15) is 5.82 Å². The number of H-pyrrole nitrogens is 1. The number of hydrogen-bond donors (Lipinski definition) is 3. The fourth-order valence-corrected chi connectivity index (χ4v) is 3.39. The highest BCUT2D eigenvalue weighted by atomic mass is 32.2. The minimum atomic E-state index is -3.64. The molecule has 2 aromatic rings. The molecule has 0 spiro atoms. The maximum atomic E-state index is 12.3. The van der Waals surface area contributed by atoms with Crippen LogP contribution in [0.2, 0.25) is 0 Å². The van der Waals surface area contributed by atoms with Crippen LogP contribution in [0.15, 0.2) is 29.3 Å². The molecule has 0 atom stereocenters. The van der Waals surface area contributed by atoms with Crippen molar-refractivity contribution in [3.63, 3.8) is 0 Å². The number of benzene rings is 1. The number of hydrogen-bond acceptors (Lipinski definition) is 4. The lowest BCUT2D eigenvalue weighted by Crippen LogP contribution is -2.16. The molecule has 6 nitrogen and oxygen atoms in total. The van der Waals surface area contributed by atoms with E-state index in [1.165, 1.54) is 6.20 Å². The topological polar surface area (TPSA) is 101 Å². The van der Waals surface area contributed by atoms with E-state index in [9.17, 15) is 8.42 Å². The first-order chi connectivity index (χ1) is 8.40. The van der Waals surface area contributed by atoms with Gasteiger partial charge in [-0.1, -0.05) is 0 Å². The largest absolute Gasteiger partial charge is 0.399 e. The molecule has 0 aliphatic rings. The minimum Gasteiger partial charge on any atom is -0.399 e. The Bertz CT molecular complexity index is 639. The first-order valence-corrected chi connectivity index (χ1v) is 6.77. The maximum Gasteiger partial charge on any atom is 0.263 e. The molecule has 0 unspecified atom stereocenters. The third kappa shape index (κ3) is 2.30. The molecule has 1 aromatic carbocycles. The number of anilines is 2. The first kappa shape index (κ1) is 12.4. The normalized spacial score (nSPS) is 11.4. The summed E-state index contributed by atoms with van der Waals surface area (Å²) in [6, 6.07) is 4.81. The van der Waals surface area contributed by atoms with Crippen molar-refractivity contribution in [1.29, 1.82) is 0 Å². The number of nitrogens with zero attached hydrogens (tertiary/aromatic N) is 1. The van der Waals surface area contributed by atoms with Crippen LogP contribution in [-0.4, -0.2) is 18.6 Å². The quantitative estimate of drug-likeness (QED) is 0.731. The van der Waals surface area contributed by atoms with Gasteiger partial charge in [-0.15, -0.1) is 0 Å². The summed E-state index contributed by atoms with van der Waals surface area (Å²) >= 11 is 0. The zero-order valence-corrected chi connectivity index (χ0v) is 10.9. The monoisotopic (exact) mass is 266 g/mol. The second-order valence-electron chi connectivity index (χ2n) is 4.06. The number of aromatic nitrogens is 2. The highest BCUT2D eigenvalue weighted by molar-refractivity contribution is 7.92. The first-order valence-electron chi connectivity index (χ1n) is 5.29. The molecule has 0 fully saturated rings. The van der Waals surface area contributed by atoms with Gasteiger partial charge in [-0.2, -0.15) is 5.10 Å². The van der Waals surface area contributed by atoms with E-state index in [1.807, 2.05) is 0 Å². The Balaban J connectivity index is 2.48. The fraction of sp³-hybridized carbons (Fsp3) is 0.182. The molecule has 2 rings (SSSR count). The summed E-state index contributed by atoms with van der Waals surface area (Å²) < 4.78 is 26.9. The van der Waals surface area contributed by atoms with E-state index >= 15 is 0 Å².